The molecule has 0 aromatic rings. The molecule has 1 atom stereocenters. The van der Waals surface area contributed by atoms with E-state index in [4.69, 9.17) is 5.73 Å². The Morgan fingerprint density at radius 1 is 1.78 bits per heavy atom. The highest BCUT2D eigenvalue weighted by molar-refractivity contribution is 5.83. The molecule has 0 aromatic carbocycles. The lowest BCUT2D eigenvalue weighted by atomic mass is 10.0. The molecule has 0 spiro atoms. The molecule has 1 heterocycles. The summed E-state index contributed by atoms with van der Waals surface area (Å²) in [5.74, 6) is -0.632. The number of nitrogens with two attached hydrogens (primary N) is 1. The van der Waals surface area contributed by atoms with Gasteiger partial charge in [-0.25, -0.2) is 0 Å². The summed E-state index contributed by atoms with van der Waals surface area (Å²) in [5.41, 5.74) is 3.63. The minimum absolute atomic E-state index is 0.294. The Labute approximate surface area is 53.0 Å². The molecule has 1 fully saturated rings. The standard InChI is InChI=1S/C5H10N2O2/c6-4(8)5(9)1-2-7-3-5/h7,9H,1-3H2,(H2,6,8)/t5-/m0/s1. The molecule has 1 aliphatic rings. The van der Waals surface area contributed by atoms with Crippen molar-refractivity contribution in [2.75, 3.05) is 13.1 Å². The van der Waals surface area contributed by atoms with Crippen molar-refractivity contribution < 1.29 is 9.90 Å². The quantitative estimate of drug-likeness (QED) is 0.392. The number of hydrogen-bond acceptors (Lipinski definition) is 3. The van der Waals surface area contributed by atoms with E-state index in [1.807, 2.05) is 0 Å². The van der Waals surface area contributed by atoms with Crippen LogP contribution in [0.25, 0.3) is 0 Å². The fraction of sp³-hybridized carbons (Fsp3) is 0.800. The van der Waals surface area contributed by atoms with Gasteiger partial charge in [0.25, 0.3) is 5.91 Å². The summed E-state index contributed by atoms with van der Waals surface area (Å²) in [7, 11) is 0. The van der Waals surface area contributed by atoms with Crippen molar-refractivity contribution >= 4 is 5.91 Å². The van der Waals surface area contributed by atoms with Gasteiger partial charge in [0.2, 0.25) is 0 Å². The first kappa shape index (κ1) is 6.51. The van der Waals surface area contributed by atoms with Crippen molar-refractivity contribution in [2.45, 2.75) is 12.0 Å². The highest BCUT2D eigenvalue weighted by atomic mass is 16.3. The summed E-state index contributed by atoms with van der Waals surface area (Å²) < 4.78 is 0. The Bertz CT molecular complexity index is 129. The van der Waals surface area contributed by atoms with Gasteiger partial charge in [0.05, 0.1) is 0 Å². The first-order chi connectivity index (χ1) is 4.15. The minimum Gasteiger partial charge on any atom is -0.379 e. The van der Waals surface area contributed by atoms with Crippen LogP contribution < -0.4 is 11.1 Å². The predicted molar refractivity (Wildman–Crippen MR) is 31.6 cm³/mol. The number of primary amides is 1. The minimum atomic E-state index is -1.28. The molecule has 4 nitrogen and oxygen atoms in total. The van der Waals surface area contributed by atoms with Gasteiger partial charge in [0, 0.05) is 6.54 Å². The number of hydrogen-bond donors (Lipinski definition) is 3. The van der Waals surface area contributed by atoms with Crippen LogP contribution in [0.2, 0.25) is 0 Å². The van der Waals surface area contributed by atoms with E-state index in [2.05, 4.69) is 5.32 Å². The van der Waals surface area contributed by atoms with Crippen LogP contribution in [0.1, 0.15) is 6.42 Å². The molecule has 1 amide bonds. The van der Waals surface area contributed by atoms with Crippen LogP contribution >= 0.6 is 0 Å². The summed E-state index contributed by atoms with van der Waals surface area (Å²) in [6.07, 6.45) is 0.433. The molecule has 0 aliphatic carbocycles. The number of nitrogens with one attached hydrogen (secondary N) is 1. The molecule has 52 valence electrons. The highest BCUT2D eigenvalue weighted by Crippen LogP contribution is 2.12. The zero-order chi connectivity index (χ0) is 6.91. The molecule has 0 saturated carbocycles. The van der Waals surface area contributed by atoms with E-state index in [1.165, 1.54) is 0 Å². The Kier molecular flexibility index (Phi) is 1.42. The maximum absolute atomic E-state index is 10.5. The zero-order valence-corrected chi connectivity index (χ0v) is 5.05. The summed E-state index contributed by atoms with van der Waals surface area (Å²) in [5, 5.41) is 12.1. The van der Waals surface area contributed by atoms with E-state index in [9.17, 15) is 9.90 Å². The van der Waals surface area contributed by atoms with Crippen molar-refractivity contribution in [3.05, 3.63) is 0 Å². The van der Waals surface area contributed by atoms with Crippen LogP contribution in [0.15, 0.2) is 0 Å². The van der Waals surface area contributed by atoms with Gasteiger partial charge in [0.15, 0.2) is 5.60 Å². The molecule has 0 aromatic heterocycles. The Morgan fingerprint density at radius 2 is 2.44 bits per heavy atom. The molecule has 0 bridgehead atoms. The maximum atomic E-state index is 10.5. The SMILES string of the molecule is NC(=O)[C@]1(O)CCNC1. The highest BCUT2D eigenvalue weighted by Gasteiger charge is 2.36. The summed E-state index contributed by atoms with van der Waals surface area (Å²) >= 11 is 0. The van der Waals surface area contributed by atoms with Crippen molar-refractivity contribution in [1.29, 1.82) is 0 Å². The molecule has 4 N–H and O–H groups in total. The number of rotatable bonds is 1. The Hall–Kier alpha value is -0.610. The molecule has 4 heteroatoms. The second-order valence-electron chi connectivity index (χ2n) is 2.32. The van der Waals surface area contributed by atoms with Crippen LogP contribution in [-0.2, 0) is 4.79 Å². The number of aliphatic hydroxyl groups is 1. The van der Waals surface area contributed by atoms with E-state index >= 15 is 0 Å². The van der Waals surface area contributed by atoms with Crippen molar-refractivity contribution in [2.24, 2.45) is 5.73 Å². The van der Waals surface area contributed by atoms with Crippen molar-refractivity contribution in [3.63, 3.8) is 0 Å². The van der Waals surface area contributed by atoms with E-state index < -0.39 is 11.5 Å². The lowest BCUT2D eigenvalue weighted by molar-refractivity contribution is -0.134. The van der Waals surface area contributed by atoms with Crippen molar-refractivity contribution in [1.82, 2.24) is 5.32 Å². The van der Waals surface area contributed by atoms with Gasteiger partial charge >= 0.3 is 0 Å². The average molecular weight is 130 g/mol. The first-order valence-electron chi connectivity index (χ1n) is 2.88. The van der Waals surface area contributed by atoms with Crippen molar-refractivity contribution in [3.8, 4) is 0 Å². The fourth-order valence-corrected chi connectivity index (χ4v) is 0.889. The normalized spacial score (nSPS) is 34.8. The van der Waals surface area contributed by atoms with Gasteiger partial charge in [0.1, 0.15) is 0 Å². The summed E-state index contributed by atoms with van der Waals surface area (Å²) in [4.78, 5) is 10.5. The second kappa shape index (κ2) is 1.97. The Morgan fingerprint density at radius 3 is 2.67 bits per heavy atom. The van der Waals surface area contributed by atoms with Crippen LogP contribution in [0.5, 0.6) is 0 Å². The largest absolute Gasteiger partial charge is 0.379 e. The molecule has 0 unspecified atom stereocenters. The van der Waals surface area contributed by atoms with E-state index in [0.717, 1.165) is 0 Å². The topological polar surface area (TPSA) is 75.4 Å². The van der Waals surface area contributed by atoms with Gasteiger partial charge in [-0.3, -0.25) is 4.79 Å². The lowest BCUT2D eigenvalue weighted by Crippen LogP contribution is -2.45. The molecular weight excluding hydrogens is 120 g/mol. The van der Waals surface area contributed by atoms with Gasteiger partial charge in [-0.1, -0.05) is 0 Å². The number of carbonyl (C=O) groups excluding carboxylic acids is 1. The number of carbonyl (C=O) groups is 1. The molecule has 0 radical (unpaired) electrons. The smallest absolute Gasteiger partial charge is 0.250 e. The van der Waals surface area contributed by atoms with E-state index in [0.29, 0.717) is 19.5 Å². The third-order valence-electron chi connectivity index (χ3n) is 1.59. The second-order valence-corrected chi connectivity index (χ2v) is 2.32. The monoisotopic (exact) mass is 130 g/mol. The molecule has 1 aliphatic heterocycles. The van der Waals surface area contributed by atoms with E-state index in [1.54, 1.807) is 0 Å². The zero-order valence-electron chi connectivity index (χ0n) is 5.05. The third-order valence-corrected chi connectivity index (χ3v) is 1.59. The van der Waals surface area contributed by atoms with Gasteiger partial charge in [-0.2, -0.15) is 0 Å². The molecule has 1 saturated heterocycles. The van der Waals surface area contributed by atoms with Gasteiger partial charge in [-0.15, -0.1) is 0 Å². The summed E-state index contributed by atoms with van der Waals surface area (Å²) in [6.45, 7) is 0.960. The average Bonchev–Trinajstić information content (AvgIpc) is 2.16. The van der Waals surface area contributed by atoms with Gasteiger partial charge < -0.3 is 16.2 Å². The van der Waals surface area contributed by atoms with E-state index in [-0.39, 0.29) is 0 Å². The predicted octanol–water partition coefficient (Wildman–Crippen LogP) is -1.80. The van der Waals surface area contributed by atoms with Crippen LogP contribution in [-0.4, -0.2) is 29.7 Å². The molecule has 1 rings (SSSR count). The first-order valence-corrected chi connectivity index (χ1v) is 2.88. The third kappa shape index (κ3) is 1.04. The molecule has 9 heavy (non-hydrogen) atoms. The lowest BCUT2D eigenvalue weighted by Gasteiger charge is -2.14. The number of amides is 1. The summed E-state index contributed by atoms with van der Waals surface area (Å²) in [6, 6.07) is 0. The maximum Gasteiger partial charge on any atom is 0.250 e. The van der Waals surface area contributed by atoms with Gasteiger partial charge in [-0.05, 0) is 13.0 Å². The van der Waals surface area contributed by atoms with Crippen LogP contribution in [0, 0.1) is 0 Å². The number of β-amino-alcohol motifs (C(OH)–C–C–N with tert-alkyl or cyclic N) is 1. The fourth-order valence-electron chi connectivity index (χ4n) is 0.889. The van der Waals surface area contributed by atoms with Crippen LogP contribution in [0.4, 0.5) is 0 Å². The Balaban J connectivity index is 2.61. The van der Waals surface area contributed by atoms with Crippen LogP contribution in [0.3, 0.4) is 0 Å². The molecular formula is C5H10N2O2.